The minimum Gasteiger partial charge on any atom is -0.486 e. The van der Waals surface area contributed by atoms with Crippen LogP contribution in [0.15, 0.2) is 18.2 Å². The van der Waals surface area contributed by atoms with Crippen molar-refractivity contribution in [3.8, 4) is 11.5 Å². The highest BCUT2D eigenvalue weighted by molar-refractivity contribution is 5.98. The number of carbonyl (C=O) groups excluding carboxylic acids is 2. The molecular weight excluding hydrogens is 274 g/mol. The van der Waals surface area contributed by atoms with Gasteiger partial charge in [0.15, 0.2) is 11.5 Å². The fraction of sp³-hybridized carbons (Fsp3) is 0.467. The van der Waals surface area contributed by atoms with Gasteiger partial charge < -0.3 is 19.1 Å². The summed E-state index contributed by atoms with van der Waals surface area (Å²) in [5.74, 6) is 0.543. The number of rotatable bonds is 5. The van der Waals surface area contributed by atoms with Gasteiger partial charge in [-0.1, -0.05) is 6.07 Å². The van der Waals surface area contributed by atoms with Gasteiger partial charge >= 0.3 is 5.97 Å². The molecule has 1 heterocycles. The van der Waals surface area contributed by atoms with Crippen LogP contribution in [0.25, 0.3) is 0 Å². The number of amides is 1. The molecule has 1 amide bonds. The highest BCUT2D eigenvalue weighted by atomic mass is 16.6. The molecule has 6 nitrogen and oxygen atoms in total. The van der Waals surface area contributed by atoms with Crippen molar-refractivity contribution in [1.82, 2.24) is 4.90 Å². The number of fused-ring (bicyclic) bond motifs is 1. The zero-order valence-corrected chi connectivity index (χ0v) is 12.3. The third kappa shape index (κ3) is 3.45. The first kappa shape index (κ1) is 15.2. The molecule has 0 saturated heterocycles. The molecule has 1 aliphatic rings. The van der Waals surface area contributed by atoms with Crippen LogP contribution < -0.4 is 9.47 Å². The molecule has 1 aliphatic heterocycles. The zero-order valence-electron chi connectivity index (χ0n) is 12.3. The van der Waals surface area contributed by atoms with Crippen molar-refractivity contribution in [2.45, 2.75) is 13.3 Å². The molecular formula is C15H19NO5. The summed E-state index contributed by atoms with van der Waals surface area (Å²) in [6.07, 6.45) is 0.169. The van der Waals surface area contributed by atoms with Gasteiger partial charge in [0.05, 0.1) is 19.1 Å². The summed E-state index contributed by atoms with van der Waals surface area (Å²) in [7, 11) is 1.33. The van der Waals surface area contributed by atoms with Gasteiger partial charge in [0.25, 0.3) is 5.91 Å². The first-order valence-electron chi connectivity index (χ1n) is 6.92. The topological polar surface area (TPSA) is 65.1 Å². The standard InChI is InChI=1S/C15H19NO5/c1-3-16(8-7-13(17)19-2)15(18)11-5-4-6-12-14(11)21-10-9-20-12/h4-6H,3,7-10H2,1-2H3. The molecule has 21 heavy (non-hydrogen) atoms. The Morgan fingerprint density at radius 3 is 2.76 bits per heavy atom. The van der Waals surface area contributed by atoms with Gasteiger partial charge in [0, 0.05) is 13.1 Å². The summed E-state index contributed by atoms with van der Waals surface area (Å²) in [4.78, 5) is 25.4. The monoisotopic (exact) mass is 293 g/mol. The summed E-state index contributed by atoms with van der Waals surface area (Å²) >= 11 is 0. The van der Waals surface area contributed by atoms with Crippen LogP contribution in [-0.4, -0.2) is 50.2 Å². The lowest BCUT2D eigenvalue weighted by Gasteiger charge is -2.24. The number of ether oxygens (including phenoxy) is 3. The summed E-state index contributed by atoms with van der Waals surface area (Å²) in [6.45, 7) is 3.57. The average Bonchev–Trinajstić information content (AvgIpc) is 2.54. The van der Waals surface area contributed by atoms with E-state index in [0.29, 0.717) is 43.4 Å². The highest BCUT2D eigenvalue weighted by Gasteiger charge is 2.24. The Labute approximate surface area is 123 Å². The Hall–Kier alpha value is -2.24. The Bertz CT molecular complexity index is 529. The lowest BCUT2D eigenvalue weighted by atomic mass is 10.1. The van der Waals surface area contributed by atoms with Gasteiger partial charge in [-0.25, -0.2) is 0 Å². The van der Waals surface area contributed by atoms with Gasteiger partial charge in [0.1, 0.15) is 13.2 Å². The molecule has 6 heteroatoms. The van der Waals surface area contributed by atoms with Crippen molar-refractivity contribution in [3.05, 3.63) is 23.8 Å². The van der Waals surface area contributed by atoms with Crippen molar-refractivity contribution in [3.63, 3.8) is 0 Å². The Morgan fingerprint density at radius 1 is 1.29 bits per heavy atom. The molecule has 2 rings (SSSR count). The highest BCUT2D eigenvalue weighted by Crippen LogP contribution is 2.34. The van der Waals surface area contributed by atoms with Crippen molar-refractivity contribution in [1.29, 1.82) is 0 Å². The molecule has 0 spiro atoms. The molecule has 114 valence electrons. The molecule has 0 radical (unpaired) electrons. The van der Waals surface area contributed by atoms with Gasteiger partial charge in [-0.05, 0) is 19.1 Å². The van der Waals surface area contributed by atoms with Crippen molar-refractivity contribution >= 4 is 11.9 Å². The van der Waals surface area contributed by atoms with Crippen molar-refractivity contribution in [2.75, 3.05) is 33.4 Å². The lowest BCUT2D eigenvalue weighted by Crippen LogP contribution is -2.33. The van der Waals surface area contributed by atoms with E-state index in [1.165, 1.54) is 7.11 Å². The fourth-order valence-corrected chi connectivity index (χ4v) is 2.14. The number of nitrogens with zero attached hydrogens (tertiary/aromatic N) is 1. The third-order valence-corrected chi connectivity index (χ3v) is 3.28. The number of methoxy groups -OCH3 is 1. The predicted molar refractivity (Wildman–Crippen MR) is 75.6 cm³/mol. The van der Waals surface area contributed by atoms with Crippen LogP contribution in [0.5, 0.6) is 11.5 Å². The Balaban J connectivity index is 2.16. The molecule has 1 aromatic carbocycles. The maximum atomic E-state index is 12.6. The number of carbonyl (C=O) groups is 2. The first-order chi connectivity index (χ1) is 10.2. The minimum atomic E-state index is -0.337. The summed E-state index contributed by atoms with van der Waals surface area (Å²) in [5.41, 5.74) is 0.457. The van der Waals surface area contributed by atoms with Crippen LogP contribution in [-0.2, 0) is 9.53 Å². The Kier molecular flexibility index (Phi) is 5.03. The smallest absolute Gasteiger partial charge is 0.307 e. The molecule has 0 saturated carbocycles. The molecule has 1 aromatic rings. The number of hydrogen-bond acceptors (Lipinski definition) is 5. The molecule has 0 fully saturated rings. The van der Waals surface area contributed by atoms with Gasteiger partial charge in [0.2, 0.25) is 0 Å². The number of hydrogen-bond donors (Lipinski definition) is 0. The zero-order chi connectivity index (χ0) is 15.2. The molecule has 0 aromatic heterocycles. The van der Waals surface area contributed by atoms with Crippen LogP contribution in [0.3, 0.4) is 0 Å². The maximum Gasteiger partial charge on any atom is 0.307 e. The van der Waals surface area contributed by atoms with Gasteiger partial charge in [-0.15, -0.1) is 0 Å². The largest absolute Gasteiger partial charge is 0.486 e. The third-order valence-electron chi connectivity index (χ3n) is 3.28. The predicted octanol–water partition coefficient (Wildman–Crippen LogP) is 1.48. The molecule has 0 aliphatic carbocycles. The van der Waals surface area contributed by atoms with E-state index in [0.717, 1.165) is 0 Å². The second-order valence-electron chi connectivity index (χ2n) is 4.54. The van der Waals surface area contributed by atoms with Gasteiger partial charge in [-0.3, -0.25) is 9.59 Å². The molecule has 0 atom stereocenters. The van der Waals surface area contributed by atoms with E-state index in [-0.39, 0.29) is 18.3 Å². The summed E-state index contributed by atoms with van der Waals surface area (Å²) in [6, 6.07) is 5.24. The van der Waals surface area contributed by atoms with Crippen LogP contribution in [0.4, 0.5) is 0 Å². The average molecular weight is 293 g/mol. The van der Waals surface area contributed by atoms with E-state index in [4.69, 9.17) is 9.47 Å². The number of para-hydroxylation sites is 1. The van der Waals surface area contributed by atoms with E-state index in [1.807, 2.05) is 6.92 Å². The van der Waals surface area contributed by atoms with Crippen LogP contribution in [0, 0.1) is 0 Å². The molecule has 0 bridgehead atoms. The Morgan fingerprint density at radius 2 is 2.05 bits per heavy atom. The summed E-state index contributed by atoms with van der Waals surface area (Å²) in [5, 5.41) is 0. The van der Waals surface area contributed by atoms with Crippen molar-refractivity contribution < 1.29 is 23.8 Å². The van der Waals surface area contributed by atoms with E-state index in [1.54, 1.807) is 23.1 Å². The second-order valence-corrected chi connectivity index (χ2v) is 4.54. The first-order valence-corrected chi connectivity index (χ1v) is 6.92. The quantitative estimate of drug-likeness (QED) is 0.769. The van der Waals surface area contributed by atoms with E-state index in [2.05, 4.69) is 4.74 Å². The minimum absolute atomic E-state index is 0.169. The second kappa shape index (κ2) is 6.97. The molecule has 0 unspecified atom stereocenters. The fourth-order valence-electron chi connectivity index (χ4n) is 2.14. The normalized spacial score (nSPS) is 12.7. The SMILES string of the molecule is CCN(CCC(=O)OC)C(=O)c1cccc2c1OCCO2. The van der Waals surface area contributed by atoms with Crippen LogP contribution in [0.2, 0.25) is 0 Å². The lowest BCUT2D eigenvalue weighted by molar-refractivity contribution is -0.140. The summed E-state index contributed by atoms with van der Waals surface area (Å²) < 4.78 is 15.6. The van der Waals surface area contributed by atoms with Crippen molar-refractivity contribution in [2.24, 2.45) is 0 Å². The van der Waals surface area contributed by atoms with E-state index in [9.17, 15) is 9.59 Å². The van der Waals surface area contributed by atoms with E-state index < -0.39 is 0 Å². The molecule has 0 N–H and O–H groups in total. The van der Waals surface area contributed by atoms with E-state index >= 15 is 0 Å². The van der Waals surface area contributed by atoms with Gasteiger partial charge in [-0.2, -0.15) is 0 Å². The maximum absolute atomic E-state index is 12.6. The van der Waals surface area contributed by atoms with Crippen LogP contribution in [0.1, 0.15) is 23.7 Å². The van der Waals surface area contributed by atoms with Crippen LogP contribution >= 0.6 is 0 Å². The number of benzene rings is 1. The number of esters is 1.